The smallest absolute Gasteiger partial charge is 0.203 e. The summed E-state index contributed by atoms with van der Waals surface area (Å²) in [7, 11) is 0. The monoisotopic (exact) mass is 388 g/mol. The third kappa shape index (κ3) is 6.11. The van der Waals surface area contributed by atoms with E-state index in [4.69, 9.17) is 11.0 Å². The zero-order valence-electron chi connectivity index (χ0n) is 15.5. The third-order valence-electron chi connectivity index (χ3n) is 4.31. The van der Waals surface area contributed by atoms with Crippen LogP contribution in [0.2, 0.25) is 0 Å². The number of nitriles is 1. The molecule has 4 heterocycles. The van der Waals surface area contributed by atoms with Crippen LogP contribution in [0.4, 0.5) is 11.9 Å². The lowest BCUT2D eigenvalue weighted by Crippen LogP contribution is -2.16. The molecule has 9 heteroatoms. The molecule has 154 valence electrons. The van der Waals surface area contributed by atoms with Gasteiger partial charge in [-0.1, -0.05) is 7.43 Å². The minimum atomic E-state index is 0. The molecule has 4 rings (SSSR count). The summed E-state index contributed by atoms with van der Waals surface area (Å²) in [4.78, 5) is 8.79. The van der Waals surface area contributed by atoms with Gasteiger partial charge < -0.3 is 31.0 Å². The van der Waals surface area contributed by atoms with E-state index in [1.54, 1.807) is 6.08 Å². The van der Waals surface area contributed by atoms with Crippen LogP contribution in [-0.4, -0.2) is 44.2 Å². The number of allylic oxidation sites excluding steroid dienone is 1. The first kappa shape index (κ1) is 23.2. The van der Waals surface area contributed by atoms with Crippen LogP contribution in [0.5, 0.6) is 0 Å². The molecule has 2 aromatic heterocycles. The molecule has 0 radical (unpaired) electrons. The Morgan fingerprint density at radius 2 is 1.75 bits per heavy atom. The molecular weight excluding hydrogens is 356 g/mol. The second-order valence-corrected chi connectivity index (χ2v) is 6.35. The van der Waals surface area contributed by atoms with Crippen molar-refractivity contribution in [3.05, 3.63) is 29.9 Å². The number of nitrogens with one attached hydrogen (secondary N) is 2. The lowest BCUT2D eigenvalue weighted by atomic mass is 10.2. The van der Waals surface area contributed by atoms with Gasteiger partial charge in [-0.2, -0.15) is 5.26 Å². The fraction of sp³-hybridized carbons (Fsp3) is 0.526. The normalized spacial score (nSPS) is 14.0. The van der Waals surface area contributed by atoms with Gasteiger partial charge in [0.05, 0.1) is 17.5 Å². The molecule has 9 nitrogen and oxygen atoms in total. The summed E-state index contributed by atoms with van der Waals surface area (Å²) in [5.74, 6) is 1.93. The Hall–Kier alpha value is -2.83. The molecule has 0 atom stereocenters. The molecule has 0 bridgehead atoms. The largest absolute Gasteiger partial charge is 0.412 e. The molecule has 28 heavy (non-hydrogen) atoms. The van der Waals surface area contributed by atoms with E-state index in [9.17, 15) is 0 Å². The van der Waals surface area contributed by atoms with Crippen LogP contribution in [-0.2, 0) is 19.5 Å². The van der Waals surface area contributed by atoms with Crippen LogP contribution >= 0.6 is 0 Å². The quantitative estimate of drug-likeness (QED) is 0.680. The fourth-order valence-electron chi connectivity index (χ4n) is 3.04. The highest BCUT2D eigenvalue weighted by Gasteiger charge is 2.11. The molecule has 0 amide bonds. The Balaban J connectivity index is 0.000000261. The predicted molar refractivity (Wildman–Crippen MR) is 113 cm³/mol. The van der Waals surface area contributed by atoms with E-state index >= 15 is 0 Å². The number of imidazole rings is 2. The first-order valence-electron chi connectivity index (χ1n) is 9.17. The van der Waals surface area contributed by atoms with Gasteiger partial charge in [-0.25, -0.2) is 9.97 Å². The van der Waals surface area contributed by atoms with Gasteiger partial charge in [0.2, 0.25) is 11.9 Å². The minimum Gasteiger partial charge on any atom is -0.412 e. The van der Waals surface area contributed by atoms with Gasteiger partial charge in [0.25, 0.3) is 0 Å². The van der Waals surface area contributed by atoms with Gasteiger partial charge in [-0.05, 0) is 38.3 Å². The van der Waals surface area contributed by atoms with E-state index < -0.39 is 0 Å². The summed E-state index contributed by atoms with van der Waals surface area (Å²) < 4.78 is 4.26. The molecular formula is C19H32N8O. The zero-order valence-corrected chi connectivity index (χ0v) is 15.5. The van der Waals surface area contributed by atoms with Crippen molar-refractivity contribution in [1.29, 1.82) is 5.26 Å². The third-order valence-corrected chi connectivity index (χ3v) is 4.31. The van der Waals surface area contributed by atoms with E-state index in [0.717, 1.165) is 75.3 Å². The number of nitrogens with two attached hydrogens (primary N) is 1. The highest BCUT2D eigenvalue weighted by atomic mass is 16.0. The second-order valence-electron chi connectivity index (χ2n) is 6.35. The lowest BCUT2D eigenvalue weighted by molar-refractivity contribution is 0.627. The topological polar surface area (TPSA) is 141 Å². The van der Waals surface area contributed by atoms with Crippen LogP contribution in [0.3, 0.4) is 0 Å². The maximum atomic E-state index is 8.34. The molecule has 0 unspecified atom stereocenters. The standard InChI is InChI=1S/C9H16N4.C9H10N4.CH4.H2O/c2*10-4-1-3-8-7-13-6-2-5-11-9(13)12-8;;/h7H,1-6,10H2,(H,11,12);1,3,7H,2,5-6H2,(H,11,12);1H4;1H2/b;3-1+;;. The zero-order chi connectivity index (χ0) is 18.2. The van der Waals surface area contributed by atoms with Gasteiger partial charge >= 0.3 is 0 Å². The number of rotatable bonds is 4. The summed E-state index contributed by atoms with van der Waals surface area (Å²) in [5, 5.41) is 14.8. The fourth-order valence-corrected chi connectivity index (χ4v) is 3.04. The van der Waals surface area contributed by atoms with Crippen LogP contribution in [0.1, 0.15) is 38.1 Å². The summed E-state index contributed by atoms with van der Waals surface area (Å²) in [6.45, 7) is 4.88. The molecule has 0 saturated heterocycles. The number of aromatic nitrogens is 4. The summed E-state index contributed by atoms with van der Waals surface area (Å²) in [5.41, 5.74) is 7.45. The van der Waals surface area contributed by atoms with Gasteiger partial charge in [-0.15, -0.1) is 0 Å². The summed E-state index contributed by atoms with van der Waals surface area (Å²) in [6, 6.07) is 1.95. The summed E-state index contributed by atoms with van der Waals surface area (Å²) >= 11 is 0. The predicted octanol–water partition coefficient (Wildman–Crippen LogP) is 1.64. The number of fused-ring (bicyclic) bond motifs is 2. The van der Waals surface area contributed by atoms with E-state index in [1.165, 1.54) is 12.5 Å². The molecule has 6 N–H and O–H groups in total. The number of aryl methyl sites for hydroxylation is 3. The highest BCUT2D eigenvalue weighted by molar-refractivity contribution is 5.50. The molecule has 2 aliphatic heterocycles. The van der Waals surface area contributed by atoms with Crippen molar-refractivity contribution in [2.45, 2.75) is 46.2 Å². The number of hydrogen-bond acceptors (Lipinski definition) is 6. The second kappa shape index (κ2) is 11.8. The Morgan fingerprint density at radius 1 is 1.11 bits per heavy atom. The molecule has 0 spiro atoms. The van der Waals surface area contributed by atoms with E-state index in [-0.39, 0.29) is 12.9 Å². The average Bonchev–Trinajstić information content (AvgIpc) is 3.28. The van der Waals surface area contributed by atoms with E-state index in [1.807, 2.05) is 12.3 Å². The Labute approximate surface area is 166 Å². The minimum absolute atomic E-state index is 0. The summed E-state index contributed by atoms with van der Waals surface area (Å²) in [6.07, 6.45) is 11.6. The van der Waals surface area contributed by atoms with E-state index in [0.29, 0.717) is 0 Å². The molecule has 0 aromatic carbocycles. The Kier molecular flexibility index (Phi) is 9.78. The first-order chi connectivity index (χ1) is 12.8. The van der Waals surface area contributed by atoms with Crippen molar-refractivity contribution in [3.63, 3.8) is 0 Å². The number of nitrogens with zero attached hydrogens (tertiary/aromatic N) is 5. The van der Waals surface area contributed by atoms with Crippen molar-refractivity contribution >= 4 is 18.0 Å². The van der Waals surface area contributed by atoms with Crippen molar-refractivity contribution in [3.8, 4) is 6.07 Å². The van der Waals surface area contributed by atoms with Crippen LogP contribution in [0.15, 0.2) is 18.5 Å². The number of anilines is 2. The molecule has 2 aromatic rings. The van der Waals surface area contributed by atoms with Gasteiger partial charge in [0, 0.05) is 44.6 Å². The lowest BCUT2D eigenvalue weighted by Gasteiger charge is -2.14. The number of hydrogen-bond donors (Lipinski definition) is 3. The van der Waals surface area contributed by atoms with Crippen molar-refractivity contribution in [2.75, 3.05) is 30.3 Å². The van der Waals surface area contributed by atoms with E-state index in [2.05, 4.69) is 35.9 Å². The van der Waals surface area contributed by atoms with Crippen LogP contribution in [0.25, 0.3) is 6.08 Å². The van der Waals surface area contributed by atoms with Crippen molar-refractivity contribution in [2.24, 2.45) is 5.73 Å². The van der Waals surface area contributed by atoms with Gasteiger partial charge in [-0.3, -0.25) is 0 Å². The van der Waals surface area contributed by atoms with Crippen molar-refractivity contribution in [1.82, 2.24) is 19.1 Å². The highest BCUT2D eigenvalue weighted by Crippen LogP contribution is 2.15. The van der Waals surface area contributed by atoms with Crippen molar-refractivity contribution < 1.29 is 5.48 Å². The Bertz CT molecular complexity index is 739. The Morgan fingerprint density at radius 3 is 2.32 bits per heavy atom. The first-order valence-corrected chi connectivity index (χ1v) is 9.17. The maximum absolute atomic E-state index is 8.34. The van der Waals surface area contributed by atoms with Gasteiger partial charge in [0.15, 0.2) is 0 Å². The molecule has 0 fully saturated rings. The average molecular weight is 389 g/mol. The SMILES string of the molecule is C.N#C/C=C/c1cn2c(n1)NCCC2.NCCCc1cn2c(n1)NCCC2.O. The van der Waals surface area contributed by atoms with Crippen LogP contribution in [0, 0.1) is 11.3 Å². The molecule has 2 aliphatic rings. The van der Waals surface area contributed by atoms with Gasteiger partial charge in [0.1, 0.15) is 0 Å². The maximum Gasteiger partial charge on any atom is 0.203 e. The molecule has 0 aliphatic carbocycles. The van der Waals surface area contributed by atoms with Crippen LogP contribution < -0.4 is 16.4 Å². The molecule has 0 saturated carbocycles.